The molecule has 1 unspecified atom stereocenters. The van der Waals surface area contributed by atoms with Crippen molar-refractivity contribution in [3.05, 3.63) is 90.0 Å². The molecule has 0 aliphatic heterocycles. The number of ether oxygens (including phenoxy) is 1. The van der Waals surface area contributed by atoms with Crippen LogP contribution in [0.1, 0.15) is 23.1 Å². The van der Waals surface area contributed by atoms with Gasteiger partial charge >= 0.3 is 0 Å². The average Bonchev–Trinajstić information content (AvgIpc) is 3.02. The van der Waals surface area contributed by atoms with Crippen molar-refractivity contribution in [1.82, 2.24) is 9.55 Å². The lowest BCUT2D eigenvalue weighted by Crippen LogP contribution is -2.24. The maximum atomic E-state index is 10.3. The number of aromatic nitrogens is 2. The summed E-state index contributed by atoms with van der Waals surface area (Å²) in [5, 5.41) is 10.3. The summed E-state index contributed by atoms with van der Waals surface area (Å²) in [6, 6.07) is 20.2. The third-order valence-corrected chi connectivity index (χ3v) is 3.99. The third-order valence-electron chi connectivity index (χ3n) is 3.99. The highest BCUT2D eigenvalue weighted by molar-refractivity contribution is 5.29. The molecule has 1 heterocycles. The number of hydrogen-bond acceptors (Lipinski definition) is 3. The fraction of sp³-hybridized carbons (Fsp3) is 0.250. The molecule has 3 rings (SSSR count). The molecule has 1 aromatic heterocycles. The smallest absolute Gasteiger partial charge is 0.108 e. The molecular formula is C20H22N2O2. The summed E-state index contributed by atoms with van der Waals surface area (Å²) in [6.07, 6.45) is 2.82. The lowest BCUT2D eigenvalue weighted by Gasteiger charge is -2.21. The largest absolute Gasteiger partial charge is 0.389 e. The van der Waals surface area contributed by atoms with Gasteiger partial charge < -0.3 is 14.4 Å². The zero-order chi connectivity index (χ0) is 16.8. The van der Waals surface area contributed by atoms with Gasteiger partial charge in [-0.05, 0) is 18.1 Å². The van der Waals surface area contributed by atoms with Gasteiger partial charge in [0.2, 0.25) is 0 Å². The van der Waals surface area contributed by atoms with E-state index in [0.29, 0.717) is 6.54 Å². The van der Waals surface area contributed by atoms with E-state index in [4.69, 9.17) is 4.74 Å². The second kappa shape index (κ2) is 7.90. The van der Waals surface area contributed by atoms with Crippen molar-refractivity contribution in [3.63, 3.8) is 0 Å². The number of aryl methyl sites for hydroxylation is 1. The van der Waals surface area contributed by atoms with E-state index in [1.54, 1.807) is 6.20 Å². The number of nitrogens with zero attached hydrogens (tertiary/aromatic N) is 2. The zero-order valence-electron chi connectivity index (χ0n) is 13.7. The van der Waals surface area contributed by atoms with Gasteiger partial charge in [0, 0.05) is 12.4 Å². The molecule has 0 radical (unpaired) electrons. The molecule has 0 saturated heterocycles. The monoisotopic (exact) mass is 322 g/mol. The lowest BCUT2D eigenvalue weighted by molar-refractivity contribution is -0.000779. The molecule has 2 aromatic carbocycles. The Labute approximate surface area is 142 Å². The molecule has 0 aliphatic carbocycles. The van der Waals surface area contributed by atoms with Crippen molar-refractivity contribution in [2.45, 2.75) is 25.7 Å². The van der Waals surface area contributed by atoms with Gasteiger partial charge in [0.15, 0.2) is 0 Å². The Hall–Kier alpha value is -2.43. The number of benzene rings is 2. The van der Waals surface area contributed by atoms with Crippen molar-refractivity contribution < 1.29 is 9.84 Å². The Kier molecular flexibility index (Phi) is 5.41. The van der Waals surface area contributed by atoms with Crippen LogP contribution < -0.4 is 0 Å². The molecule has 1 N–H and O–H groups in total. The van der Waals surface area contributed by atoms with Crippen LogP contribution in [-0.2, 0) is 11.3 Å². The highest BCUT2D eigenvalue weighted by Gasteiger charge is 2.17. The van der Waals surface area contributed by atoms with E-state index in [0.717, 1.165) is 17.0 Å². The third kappa shape index (κ3) is 4.10. The number of aliphatic hydroxyl groups is 1. The van der Waals surface area contributed by atoms with Crippen molar-refractivity contribution >= 4 is 0 Å². The van der Waals surface area contributed by atoms with Crippen LogP contribution in [0.15, 0.2) is 73.1 Å². The van der Waals surface area contributed by atoms with Crippen molar-refractivity contribution in [3.8, 4) is 0 Å². The fourth-order valence-electron chi connectivity index (χ4n) is 2.72. The number of hydrogen-bond donors (Lipinski definition) is 1. The molecule has 0 fully saturated rings. The quantitative estimate of drug-likeness (QED) is 0.725. The Morgan fingerprint density at radius 3 is 2.08 bits per heavy atom. The van der Waals surface area contributed by atoms with Gasteiger partial charge in [-0.25, -0.2) is 4.98 Å². The summed E-state index contributed by atoms with van der Waals surface area (Å²) in [4.78, 5) is 4.17. The van der Waals surface area contributed by atoms with Crippen molar-refractivity contribution in [2.24, 2.45) is 0 Å². The Bertz CT molecular complexity index is 701. The van der Waals surface area contributed by atoms with Crippen LogP contribution in [0.5, 0.6) is 0 Å². The first-order chi connectivity index (χ1) is 11.7. The van der Waals surface area contributed by atoms with Crippen LogP contribution in [0.25, 0.3) is 0 Å². The first-order valence-corrected chi connectivity index (χ1v) is 8.11. The van der Waals surface area contributed by atoms with E-state index in [-0.39, 0.29) is 12.7 Å². The van der Waals surface area contributed by atoms with E-state index in [2.05, 4.69) is 4.98 Å². The lowest BCUT2D eigenvalue weighted by atomic mass is 10.0. The second-order valence-electron chi connectivity index (χ2n) is 5.82. The van der Waals surface area contributed by atoms with Crippen LogP contribution in [0, 0.1) is 6.92 Å². The standard InChI is InChI=1S/C20H22N2O2/c1-16-21-12-13-22(16)14-19(23)15-24-20(17-8-4-2-5-9-17)18-10-6-3-7-11-18/h2-13,19-20,23H,14-15H2,1H3. The minimum absolute atomic E-state index is 0.189. The summed E-state index contributed by atoms with van der Waals surface area (Å²) in [5.41, 5.74) is 2.16. The summed E-state index contributed by atoms with van der Waals surface area (Å²) in [7, 11) is 0. The fourth-order valence-corrected chi connectivity index (χ4v) is 2.72. The maximum Gasteiger partial charge on any atom is 0.108 e. The molecule has 4 nitrogen and oxygen atoms in total. The van der Waals surface area contributed by atoms with E-state index < -0.39 is 6.10 Å². The molecule has 4 heteroatoms. The minimum atomic E-state index is -0.590. The molecule has 24 heavy (non-hydrogen) atoms. The van der Waals surface area contributed by atoms with Gasteiger partial charge in [0.05, 0.1) is 19.3 Å². The molecule has 3 aromatic rings. The molecule has 0 amide bonds. The summed E-state index contributed by atoms with van der Waals surface area (Å²) in [5.74, 6) is 0.886. The molecule has 124 valence electrons. The summed E-state index contributed by atoms with van der Waals surface area (Å²) in [6.45, 7) is 2.65. The number of aliphatic hydroxyl groups excluding tert-OH is 1. The van der Waals surface area contributed by atoms with Crippen LogP contribution in [0.3, 0.4) is 0 Å². The molecule has 0 spiro atoms. The van der Waals surface area contributed by atoms with Gasteiger partial charge in [-0.15, -0.1) is 0 Å². The molecule has 1 atom stereocenters. The molecular weight excluding hydrogens is 300 g/mol. The van der Waals surface area contributed by atoms with Crippen LogP contribution in [0.4, 0.5) is 0 Å². The first-order valence-electron chi connectivity index (χ1n) is 8.11. The van der Waals surface area contributed by atoms with Crippen LogP contribution in [0.2, 0.25) is 0 Å². The van der Waals surface area contributed by atoms with Crippen molar-refractivity contribution in [2.75, 3.05) is 6.61 Å². The predicted molar refractivity (Wildman–Crippen MR) is 93.6 cm³/mol. The van der Waals surface area contributed by atoms with Crippen molar-refractivity contribution in [1.29, 1.82) is 0 Å². The van der Waals surface area contributed by atoms with Crippen LogP contribution in [-0.4, -0.2) is 27.4 Å². The highest BCUT2D eigenvalue weighted by Crippen LogP contribution is 2.25. The summed E-state index contributed by atoms with van der Waals surface area (Å²) < 4.78 is 8.01. The van der Waals surface area contributed by atoms with E-state index in [1.807, 2.05) is 78.4 Å². The Balaban J connectivity index is 1.69. The van der Waals surface area contributed by atoms with E-state index in [9.17, 15) is 5.11 Å². The zero-order valence-corrected chi connectivity index (χ0v) is 13.7. The van der Waals surface area contributed by atoms with Gasteiger partial charge in [-0.2, -0.15) is 0 Å². The maximum absolute atomic E-state index is 10.3. The molecule has 0 bridgehead atoms. The average molecular weight is 322 g/mol. The number of imidazole rings is 1. The molecule has 0 aliphatic rings. The predicted octanol–water partition coefficient (Wildman–Crippen LogP) is 3.36. The Morgan fingerprint density at radius 1 is 1.00 bits per heavy atom. The van der Waals surface area contributed by atoms with Crippen LogP contribution >= 0.6 is 0 Å². The first kappa shape index (κ1) is 16.4. The van der Waals surface area contributed by atoms with Gasteiger partial charge in [0.25, 0.3) is 0 Å². The molecule has 0 saturated carbocycles. The minimum Gasteiger partial charge on any atom is -0.389 e. The highest BCUT2D eigenvalue weighted by atomic mass is 16.5. The second-order valence-corrected chi connectivity index (χ2v) is 5.82. The van der Waals surface area contributed by atoms with Gasteiger partial charge in [-0.3, -0.25) is 0 Å². The van der Waals surface area contributed by atoms with Gasteiger partial charge in [-0.1, -0.05) is 60.7 Å². The number of rotatable bonds is 7. The van der Waals surface area contributed by atoms with E-state index in [1.165, 1.54) is 0 Å². The Morgan fingerprint density at radius 2 is 1.58 bits per heavy atom. The SMILES string of the molecule is Cc1nccn1CC(O)COC(c1ccccc1)c1ccccc1. The topological polar surface area (TPSA) is 47.3 Å². The van der Waals surface area contributed by atoms with E-state index >= 15 is 0 Å². The summed E-state index contributed by atoms with van der Waals surface area (Å²) >= 11 is 0. The van der Waals surface area contributed by atoms with Gasteiger partial charge in [0.1, 0.15) is 11.9 Å². The normalized spacial score (nSPS) is 12.5.